The van der Waals surface area contributed by atoms with E-state index < -0.39 is 9.85 Å². The summed E-state index contributed by atoms with van der Waals surface area (Å²) in [7, 11) is 1.50. The van der Waals surface area contributed by atoms with Crippen molar-refractivity contribution in [2.75, 3.05) is 7.05 Å². The lowest BCUT2D eigenvalue weighted by atomic mass is 10.3. The SMILES string of the molecule is CN.O=[N+]([O-])c1cccc([N+](=O)[O-])c1. The third-order valence-corrected chi connectivity index (χ3v) is 1.25. The predicted molar refractivity (Wildman–Crippen MR) is 49.9 cm³/mol. The average molecular weight is 199 g/mol. The molecular formula is C7H9N3O4. The van der Waals surface area contributed by atoms with E-state index in [0.717, 1.165) is 6.07 Å². The summed E-state index contributed by atoms with van der Waals surface area (Å²) in [5.41, 5.74) is 3.95. The van der Waals surface area contributed by atoms with Crippen LogP contribution >= 0.6 is 0 Å². The lowest BCUT2D eigenvalue weighted by Crippen LogP contribution is -1.91. The second-order valence-corrected chi connectivity index (χ2v) is 2.03. The molecule has 0 atom stereocenters. The maximum Gasteiger partial charge on any atom is 0.276 e. The fraction of sp³-hybridized carbons (Fsp3) is 0.143. The number of nitrogens with zero attached hydrogens (tertiary/aromatic N) is 2. The molecule has 0 unspecified atom stereocenters. The Morgan fingerprint density at radius 3 is 1.71 bits per heavy atom. The van der Waals surface area contributed by atoms with Crippen LogP contribution in [0.2, 0.25) is 0 Å². The van der Waals surface area contributed by atoms with E-state index in [4.69, 9.17) is 0 Å². The van der Waals surface area contributed by atoms with Gasteiger partial charge in [-0.25, -0.2) is 0 Å². The molecule has 1 aromatic rings. The van der Waals surface area contributed by atoms with E-state index in [2.05, 4.69) is 5.73 Å². The molecular weight excluding hydrogens is 190 g/mol. The summed E-state index contributed by atoms with van der Waals surface area (Å²) >= 11 is 0. The summed E-state index contributed by atoms with van der Waals surface area (Å²) < 4.78 is 0. The molecule has 1 rings (SSSR count). The predicted octanol–water partition coefficient (Wildman–Crippen LogP) is 1.08. The standard InChI is InChI=1S/C6H4N2O4.CH5N/c9-7(10)5-2-1-3-6(4-5)8(11)12;1-2/h1-4H;2H2,1H3. The van der Waals surface area contributed by atoms with E-state index in [1.807, 2.05) is 0 Å². The minimum Gasteiger partial charge on any atom is -0.333 e. The molecule has 7 heteroatoms. The monoisotopic (exact) mass is 199 g/mol. The van der Waals surface area contributed by atoms with Crippen LogP contribution in [0, 0.1) is 20.2 Å². The molecule has 0 fully saturated rings. The number of nitro groups is 2. The maximum atomic E-state index is 10.2. The van der Waals surface area contributed by atoms with Gasteiger partial charge in [0.25, 0.3) is 11.4 Å². The van der Waals surface area contributed by atoms with Crippen LogP contribution < -0.4 is 5.73 Å². The summed E-state index contributed by atoms with van der Waals surface area (Å²) in [5.74, 6) is 0. The van der Waals surface area contributed by atoms with Crippen molar-refractivity contribution in [2.45, 2.75) is 0 Å². The van der Waals surface area contributed by atoms with Crippen LogP contribution in [-0.4, -0.2) is 16.9 Å². The van der Waals surface area contributed by atoms with Crippen LogP contribution in [0.4, 0.5) is 11.4 Å². The van der Waals surface area contributed by atoms with Gasteiger partial charge in [-0.1, -0.05) is 0 Å². The number of non-ortho nitro benzene ring substituents is 2. The Kier molecular flexibility index (Phi) is 4.79. The molecule has 0 bridgehead atoms. The lowest BCUT2D eigenvalue weighted by molar-refractivity contribution is -0.394. The van der Waals surface area contributed by atoms with E-state index in [0.29, 0.717) is 0 Å². The van der Waals surface area contributed by atoms with Gasteiger partial charge in [-0.15, -0.1) is 0 Å². The van der Waals surface area contributed by atoms with Crippen LogP contribution in [0.3, 0.4) is 0 Å². The minimum absolute atomic E-state index is 0.274. The fourth-order valence-electron chi connectivity index (χ4n) is 0.720. The number of nitro benzene ring substituents is 2. The molecule has 0 heterocycles. The summed E-state index contributed by atoms with van der Waals surface area (Å²) in [6, 6.07) is 4.59. The molecule has 76 valence electrons. The minimum atomic E-state index is -0.674. The molecule has 0 radical (unpaired) electrons. The van der Waals surface area contributed by atoms with Crippen molar-refractivity contribution in [1.82, 2.24) is 0 Å². The van der Waals surface area contributed by atoms with Crippen molar-refractivity contribution in [3.8, 4) is 0 Å². The molecule has 7 nitrogen and oxygen atoms in total. The number of rotatable bonds is 2. The Labute approximate surface area is 79.4 Å². The Bertz CT molecular complexity index is 310. The first-order valence-electron chi connectivity index (χ1n) is 3.58. The number of benzene rings is 1. The van der Waals surface area contributed by atoms with Crippen LogP contribution in [0.25, 0.3) is 0 Å². The molecule has 0 aliphatic heterocycles. The molecule has 0 amide bonds. The highest BCUT2D eigenvalue weighted by Crippen LogP contribution is 2.18. The Morgan fingerprint density at radius 1 is 1.07 bits per heavy atom. The van der Waals surface area contributed by atoms with Gasteiger partial charge in [0.05, 0.1) is 15.9 Å². The Morgan fingerprint density at radius 2 is 1.43 bits per heavy atom. The Hall–Kier alpha value is -2.02. The second kappa shape index (κ2) is 5.60. The number of nitrogens with two attached hydrogens (primary N) is 1. The topological polar surface area (TPSA) is 112 Å². The van der Waals surface area contributed by atoms with Crippen LogP contribution in [0.5, 0.6) is 0 Å². The summed E-state index contributed by atoms with van der Waals surface area (Å²) in [4.78, 5) is 19.0. The first-order chi connectivity index (χ1) is 6.61. The summed E-state index contributed by atoms with van der Waals surface area (Å²) in [6.45, 7) is 0. The van der Waals surface area contributed by atoms with Crippen molar-refractivity contribution < 1.29 is 9.85 Å². The van der Waals surface area contributed by atoms with E-state index in [1.54, 1.807) is 0 Å². The Balaban J connectivity index is 0.000000791. The number of hydrogen-bond acceptors (Lipinski definition) is 5. The van der Waals surface area contributed by atoms with Gasteiger partial charge in [-0.3, -0.25) is 20.2 Å². The summed E-state index contributed by atoms with van der Waals surface area (Å²) in [5, 5.41) is 20.3. The molecule has 2 N–H and O–H groups in total. The van der Waals surface area contributed by atoms with Crippen molar-refractivity contribution in [3.63, 3.8) is 0 Å². The van der Waals surface area contributed by atoms with E-state index >= 15 is 0 Å². The van der Waals surface area contributed by atoms with Gasteiger partial charge >= 0.3 is 0 Å². The second-order valence-electron chi connectivity index (χ2n) is 2.03. The van der Waals surface area contributed by atoms with E-state index in [1.165, 1.54) is 25.2 Å². The average Bonchev–Trinajstić information content (AvgIpc) is 2.21. The zero-order valence-corrected chi connectivity index (χ0v) is 7.41. The highest BCUT2D eigenvalue weighted by Gasteiger charge is 2.11. The normalized spacial score (nSPS) is 8.43. The molecule has 0 spiro atoms. The van der Waals surface area contributed by atoms with Crippen molar-refractivity contribution in [3.05, 3.63) is 44.5 Å². The lowest BCUT2D eigenvalue weighted by Gasteiger charge is -1.90. The first kappa shape index (κ1) is 12.0. The highest BCUT2D eigenvalue weighted by atomic mass is 16.6. The molecule has 0 saturated carbocycles. The van der Waals surface area contributed by atoms with Gasteiger partial charge in [-0.2, -0.15) is 0 Å². The molecule has 0 saturated heterocycles. The molecule has 0 aromatic heterocycles. The van der Waals surface area contributed by atoms with Gasteiger partial charge in [0.1, 0.15) is 0 Å². The van der Waals surface area contributed by atoms with E-state index in [9.17, 15) is 20.2 Å². The maximum absolute atomic E-state index is 10.2. The van der Waals surface area contributed by atoms with Gasteiger partial charge in [0, 0.05) is 12.1 Å². The fourth-order valence-corrected chi connectivity index (χ4v) is 0.720. The van der Waals surface area contributed by atoms with Crippen LogP contribution in [-0.2, 0) is 0 Å². The first-order valence-corrected chi connectivity index (χ1v) is 3.58. The van der Waals surface area contributed by atoms with Crippen molar-refractivity contribution in [2.24, 2.45) is 5.73 Å². The summed E-state index contributed by atoms with van der Waals surface area (Å²) in [6.07, 6.45) is 0. The van der Waals surface area contributed by atoms with Crippen LogP contribution in [0.15, 0.2) is 24.3 Å². The third kappa shape index (κ3) is 3.15. The number of hydrogen-bond donors (Lipinski definition) is 1. The molecule has 0 aliphatic carbocycles. The van der Waals surface area contributed by atoms with Gasteiger partial charge in [0.15, 0.2) is 0 Å². The smallest absolute Gasteiger partial charge is 0.276 e. The molecule has 0 aliphatic rings. The third-order valence-electron chi connectivity index (χ3n) is 1.25. The van der Waals surface area contributed by atoms with Crippen molar-refractivity contribution in [1.29, 1.82) is 0 Å². The van der Waals surface area contributed by atoms with Crippen molar-refractivity contribution >= 4 is 11.4 Å². The zero-order valence-electron chi connectivity index (χ0n) is 7.41. The molecule has 14 heavy (non-hydrogen) atoms. The highest BCUT2D eigenvalue weighted by molar-refractivity contribution is 5.42. The molecule has 1 aromatic carbocycles. The van der Waals surface area contributed by atoms with Gasteiger partial charge in [-0.05, 0) is 13.1 Å². The van der Waals surface area contributed by atoms with Gasteiger partial charge < -0.3 is 5.73 Å². The van der Waals surface area contributed by atoms with Crippen LogP contribution in [0.1, 0.15) is 0 Å². The quantitative estimate of drug-likeness (QED) is 0.565. The van der Waals surface area contributed by atoms with E-state index in [-0.39, 0.29) is 11.4 Å². The van der Waals surface area contributed by atoms with Gasteiger partial charge in [0.2, 0.25) is 0 Å². The zero-order chi connectivity index (χ0) is 11.1. The largest absolute Gasteiger partial charge is 0.333 e.